The summed E-state index contributed by atoms with van der Waals surface area (Å²) in [5.41, 5.74) is -3.92. The van der Waals surface area contributed by atoms with Crippen LogP contribution >= 0.6 is 0 Å². The number of hydrogen-bond donors (Lipinski definition) is 0. The molecule has 23 heavy (non-hydrogen) atoms. The average Bonchev–Trinajstić information content (AvgIpc) is 2.83. The third-order valence-corrected chi connectivity index (χ3v) is 3.46. The summed E-state index contributed by atoms with van der Waals surface area (Å²) in [6, 6.07) is 6.86. The van der Waals surface area contributed by atoms with Gasteiger partial charge in [-0.25, -0.2) is 4.85 Å². The van der Waals surface area contributed by atoms with Crippen molar-refractivity contribution < 1.29 is 17.9 Å². The van der Waals surface area contributed by atoms with Crippen molar-refractivity contribution in [3.63, 3.8) is 0 Å². The van der Waals surface area contributed by atoms with Crippen LogP contribution in [0.1, 0.15) is 12.5 Å². The summed E-state index contributed by atoms with van der Waals surface area (Å²) >= 11 is 0. The Labute approximate surface area is 130 Å². The third-order valence-electron chi connectivity index (χ3n) is 3.46. The van der Waals surface area contributed by atoms with E-state index in [9.17, 15) is 13.2 Å². The van der Waals surface area contributed by atoms with Crippen LogP contribution in [0.5, 0.6) is 0 Å². The third kappa shape index (κ3) is 2.22. The van der Waals surface area contributed by atoms with Gasteiger partial charge in [0.05, 0.1) is 6.57 Å². The zero-order valence-corrected chi connectivity index (χ0v) is 11.8. The number of hydrogen-bond acceptors (Lipinski definition) is 1. The molecule has 0 saturated carbocycles. The molecule has 0 bridgehead atoms. The molecule has 0 saturated heterocycles. The molecular formula is C16H8F3N3O. The van der Waals surface area contributed by atoms with Crippen LogP contribution in [0.15, 0.2) is 53.2 Å². The molecule has 0 radical (unpaired) electrons. The number of benzene rings is 1. The molecule has 0 N–H and O–H groups in total. The fourth-order valence-corrected chi connectivity index (χ4v) is 2.41. The lowest BCUT2D eigenvalue weighted by molar-refractivity contribution is -0.250. The van der Waals surface area contributed by atoms with Crippen LogP contribution in [-0.2, 0) is 10.3 Å². The zero-order valence-electron chi connectivity index (χ0n) is 11.8. The van der Waals surface area contributed by atoms with Crippen LogP contribution < -0.4 is 0 Å². The van der Waals surface area contributed by atoms with E-state index in [4.69, 9.17) is 24.5 Å². The molecule has 1 heterocycles. The Morgan fingerprint density at radius 3 is 2.09 bits per heavy atom. The van der Waals surface area contributed by atoms with Gasteiger partial charge in [-0.3, -0.25) is 0 Å². The number of nitrogens with zero attached hydrogens (tertiary/aromatic N) is 3. The smallest absolute Gasteiger partial charge is 0.484 e. The molecule has 4 nitrogen and oxygen atoms in total. The first-order valence-corrected chi connectivity index (χ1v) is 6.23. The van der Waals surface area contributed by atoms with Crippen LogP contribution in [0, 0.1) is 19.7 Å². The Morgan fingerprint density at radius 2 is 1.65 bits per heavy atom. The number of alkyl halides is 3. The lowest BCUT2D eigenvalue weighted by Gasteiger charge is -2.33. The molecule has 0 fully saturated rings. The van der Waals surface area contributed by atoms with Gasteiger partial charge in [-0.05, 0) is 12.5 Å². The molecule has 2 rings (SSSR count). The highest BCUT2D eigenvalue weighted by Gasteiger charge is 2.64. The van der Waals surface area contributed by atoms with Crippen molar-refractivity contribution in [2.24, 2.45) is 0 Å². The van der Waals surface area contributed by atoms with Gasteiger partial charge in [-0.15, -0.1) is 0 Å². The molecule has 0 aliphatic carbocycles. The van der Waals surface area contributed by atoms with E-state index in [1.54, 1.807) is 6.07 Å². The predicted octanol–water partition coefficient (Wildman–Crippen LogP) is 4.68. The standard InChI is InChI=1S/C16H8F3N3O/c1-10-12(20-2)13(14(21-3)22-4)23-15(10,16(17,18)19)11-8-6-5-7-9-11/h5-9H,1H3. The summed E-state index contributed by atoms with van der Waals surface area (Å²) in [5, 5.41) is 0. The fraction of sp³-hybridized carbons (Fsp3) is 0.188. The molecule has 0 aromatic heterocycles. The number of ether oxygens (including phenoxy) is 1. The lowest BCUT2D eigenvalue weighted by atomic mass is 9.86. The highest BCUT2D eigenvalue weighted by molar-refractivity contribution is 5.53. The second kappa shape index (κ2) is 5.51. The molecule has 1 aromatic rings. The Kier molecular flexibility index (Phi) is 3.87. The van der Waals surface area contributed by atoms with Crippen molar-refractivity contribution in [2.75, 3.05) is 0 Å². The highest BCUT2D eigenvalue weighted by atomic mass is 19.4. The van der Waals surface area contributed by atoms with E-state index in [0.717, 1.165) is 6.92 Å². The molecule has 1 aliphatic rings. The molecule has 114 valence electrons. The molecule has 7 heteroatoms. The van der Waals surface area contributed by atoms with Crippen LogP contribution in [0.3, 0.4) is 0 Å². The van der Waals surface area contributed by atoms with E-state index < -0.39 is 29.1 Å². The van der Waals surface area contributed by atoms with Crippen molar-refractivity contribution in [3.05, 3.63) is 93.0 Å². The monoisotopic (exact) mass is 315 g/mol. The Bertz CT molecular complexity index is 817. The van der Waals surface area contributed by atoms with Gasteiger partial charge >= 0.3 is 12.0 Å². The summed E-state index contributed by atoms with van der Waals surface area (Å²) in [7, 11) is 0. The second-order valence-electron chi connectivity index (χ2n) is 4.61. The average molecular weight is 315 g/mol. The highest BCUT2D eigenvalue weighted by Crippen LogP contribution is 2.55. The molecule has 0 spiro atoms. The van der Waals surface area contributed by atoms with E-state index in [1.807, 2.05) is 0 Å². The normalized spacial score (nSPS) is 20.3. The van der Waals surface area contributed by atoms with Gasteiger partial charge < -0.3 is 4.74 Å². The summed E-state index contributed by atoms with van der Waals surface area (Å²) in [6.07, 6.45) is -4.87. The topological polar surface area (TPSA) is 22.3 Å². The minimum absolute atomic E-state index is 0.213. The van der Waals surface area contributed by atoms with Crippen molar-refractivity contribution in [1.82, 2.24) is 0 Å². The second-order valence-corrected chi connectivity index (χ2v) is 4.61. The van der Waals surface area contributed by atoms with E-state index in [2.05, 4.69) is 14.5 Å². The molecule has 1 aromatic carbocycles. The lowest BCUT2D eigenvalue weighted by Crippen LogP contribution is -2.43. The molecule has 1 atom stereocenters. The number of rotatable bonds is 1. The molecule has 1 unspecified atom stereocenters. The minimum atomic E-state index is -4.87. The van der Waals surface area contributed by atoms with Gasteiger partial charge in [0, 0.05) is 5.56 Å². The van der Waals surface area contributed by atoms with Crippen molar-refractivity contribution >= 4 is 0 Å². The largest absolute Gasteiger partial charge is 0.550 e. The van der Waals surface area contributed by atoms with Crippen LogP contribution in [0.4, 0.5) is 13.2 Å². The first-order chi connectivity index (χ1) is 10.8. The molecular weight excluding hydrogens is 307 g/mol. The maximum atomic E-state index is 13.9. The van der Waals surface area contributed by atoms with Gasteiger partial charge in [-0.2, -0.15) is 22.9 Å². The van der Waals surface area contributed by atoms with E-state index in [1.165, 1.54) is 24.3 Å². The maximum absolute atomic E-state index is 13.9. The van der Waals surface area contributed by atoms with Crippen LogP contribution in [0.25, 0.3) is 14.5 Å². The fourth-order valence-electron chi connectivity index (χ4n) is 2.41. The van der Waals surface area contributed by atoms with Crippen molar-refractivity contribution in [2.45, 2.75) is 18.7 Å². The number of halogens is 3. The Balaban J connectivity index is 2.87. The van der Waals surface area contributed by atoms with Gasteiger partial charge in [-0.1, -0.05) is 30.3 Å². The summed E-state index contributed by atoms with van der Waals surface area (Å²) < 4.78 is 46.7. The van der Waals surface area contributed by atoms with Crippen molar-refractivity contribution in [1.29, 1.82) is 0 Å². The van der Waals surface area contributed by atoms with Crippen LogP contribution in [-0.4, -0.2) is 6.18 Å². The first-order valence-electron chi connectivity index (χ1n) is 6.23. The quantitative estimate of drug-likeness (QED) is 0.690. The van der Waals surface area contributed by atoms with Gasteiger partial charge in [0.1, 0.15) is 13.1 Å². The van der Waals surface area contributed by atoms with E-state index in [0.29, 0.717) is 0 Å². The van der Waals surface area contributed by atoms with E-state index in [-0.39, 0.29) is 11.1 Å². The Morgan fingerprint density at radius 1 is 1.09 bits per heavy atom. The van der Waals surface area contributed by atoms with Gasteiger partial charge in [0.25, 0.3) is 0 Å². The first kappa shape index (κ1) is 16.1. The molecule has 1 aliphatic heterocycles. The summed E-state index contributed by atoms with van der Waals surface area (Å²) in [6.45, 7) is 22.1. The van der Waals surface area contributed by atoms with Gasteiger partial charge in [0.2, 0.25) is 17.1 Å². The zero-order chi connectivity index (χ0) is 17.3. The van der Waals surface area contributed by atoms with Crippen molar-refractivity contribution in [3.8, 4) is 0 Å². The van der Waals surface area contributed by atoms with Gasteiger partial charge in [0.15, 0.2) is 0 Å². The van der Waals surface area contributed by atoms with Crippen LogP contribution in [0.2, 0.25) is 0 Å². The SMILES string of the molecule is [C-]#[N+]C([N+]#[C-])=C1OC(c2ccccc2)(C(F)(F)F)C(C)=C1[N+]#[C-]. The summed E-state index contributed by atoms with van der Waals surface area (Å²) in [4.78, 5) is 8.80. The maximum Gasteiger partial charge on any atom is 0.550 e. The Hall–Kier alpha value is -3.24. The molecule has 0 amide bonds. The summed E-state index contributed by atoms with van der Waals surface area (Å²) in [5.74, 6) is -1.32. The minimum Gasteiger partial charge on any atom is -0.484 e. The van der Waals surface area contributed by atoms with E-state index >= 15 is 0 Å². The predicted molar refractivity (Wildman–Crippen MR) is 74.8 cm³/mol.